The molecule has 18 heavy (non-hydrogen) atoms. The highest BCUT2D eigenvalue weighted by Gasteiger charge is 2.22. The van der Waals surface area contributed by atoms with Crippen LogP contribution < -0.4 is 5.32 Å². The Labute approximate surface area is 109 Å². The van der Waals surface area contributed by atoms with E-state index in [4.69, 9.17) is 0 Å². The Morgan fingerprint density at radius 2 is 2.22 bits per heavy atom. The highest BCUT2D eigenvalue weighted by Crippen LogP contribution is 2.23. The first-order chi connectivity index (χ1) is 8.83. The lowest BCUT2D eigenvalue weighted by molar-refractivity contribution is 0.181. The number of aromatic nitrogens is 2. The first-order valence-corrected chi connectivity index (χ1v) is 7.19. The molecule has 0 aromatic carbocycles. The maximum absolute atomic E-state index is 9.47. The van der Waals surface area contributed by atoms with Gasteiger partial charge in [0.05, 0.1) is 6.20 Å². The van der Waals surface area contributed by atoms with Gasteiger partial charge in [-0.2, -0.15) is 5.10 Å². The largest absolute Gasteiger partial charge is 0.396 e. The molecule has 2 rings (SSSR count). The summed E-state index contributed by atoms with van der Waals surface area (Å²) in [7, 11) is 0. The monoisotopic (exact) mass is 251 g/mol. The Morgan fingerprint density at radius 1 is 1.39 bits per heavy atom. The number of aryl methyl sites for hydroxylation is 1. The minimum atomic E-state index is 0.311. The molecule has 2 unspecified atom stereocenters. The van der Waals surface area contributed by atoms with Crippen molar-refractivity contribution < 1.29 is 5.11 Å². The molecule has 1 aromatic rings. The van der Waals surface area contributed by atoms with Crippen molar-refractivity contribution in [1.29, 1.82) is 0 Å². The maximum atomic E-state index is 9.47. The van der Waals surface area contributed by atoms with Crippen LogP contribution in [0.25, 0.3) is 0 Å². The van der Waals surface area contributed by atoms with E-state index in [1.807, 2.05) is 10.9 Å². The number of nitrogens with one attached hydrogen (secondary N) is 1. The lowest BCUT2D eigenvalue weighted by Crippen LogP contribution is -2.36. The van der Waals surface area contributed by atoms with Crippen molar-refractivity contribution in [1.82, 2.24) is 15.1 Å². The molecule has 0 bridgehead atoms. The number of aliphatic hydroxyl groups is 1. The second-order valence-electron chi connectivity index (χ2n) is 5.27. The number of aliphatic hydroxyl groups excluding tert-OH is 1. The quantitative estimate of drug-likeness (QED) is 0.786. The second kappa shape index (κ2) is 6.90. The third-order valence-electron chi connectivity index (χ3n) is 3.97. The van der Waals surface area contributed by atoms with Gasteiger partial charge in [0.25, 0.3) is 0 Å². The molecule has 0 aliphatic heterocycles. The molecule has 1 aliphatic carbocycles. The maximum Gasteiger partial charge on any atom is 0.0534 e. The van der Waals surface area contributed by atoms with Crippen LogP contribution >= 0.6 is 0 Å². The van der Waals surface area contributed by atoms with Crippen molar-refractivity contribution >= 4 is 0 Å². The normalized spacial score (nSPS) is 25.0. The molecular formula is C14H25N3O. The van der Waals surface area contributed by atoms with Gasteiger partial charge in [0.15, 0.2) is 0 Å². The van der Waals surface area contributed by atoms with E-state index in [2.05, 4.69) is 23.5 Å². The minimum absolute atomic E-state index is 0.311. The van der Waals surface area contributed by atoms with Crippen molar-refractivity contribution in [2.75, 3.05) is 6.61 Å². The Kier molecular flexibility index (Phi) is 5.20. The molecule has 102 valence electrons. The van der Waals surface area contributed by atoms with Crippen LogP contribution in [0.1, 0.15) is 44.6 Å². The topological polar surface area (TPSA) is 50.1 Å². The summed E-state index contributed by atoms with van der Waals surface area (Å²) in [5, 5.41) is 17.4. The van der Waals surface area contributed by atoms with Gasteiger partial charge in [0.2, 0.25) is 0 Å². The fourth-order valence-electron chi connectivity index (χ4n) is 2.79. The Bertz CT molecular complexity index is 351. The zero-order chi connectivity index (χ0) is 12.8. The summed E-state index contributed by atoms with van der Waals surface area (Å²) in [6.07, 6.45) is 10.2. The number of hydrogen-bond acceptors (Lipinski definition) is 3. The summed E-state index contributed by atoms with van der Waals surface area (Å²) in [6.45, 7) is 4.19. The van der Waals surface area contributed by atoms with Crippen LogP contribution in [0.4, 0.5) is 0 Å². The van der Waals surface area contributed by atoms with Gasteiger partial charge < -0.3 is 10.4 Å². The van der Waals surface area contributed by atoms with Crippen LogP contribution in [0, 0.1) is 5.92 Å². The molecule has 1 saturated carbocycles. The van der Waals surface area contributed by atoms with E-state index in [1.165, 1.54) is 31.2 Å². The smallest absolute Gasteiger partial charge is 0.0534 e. The van der Waals surface area contributed by atoms with E-state index < -0.39 is 0 Å². The van der Waals surface area contributed by atoms with Gasteiger partial charge in [0.1, 0.15) is 0 Å². The van der Waals surface area contributed by atoms with Crippen LogP contribution in [-0.2, 0) is 13.1 Å². The molecule has 0 radical (unpaired) electrons. The fraction of sp³-hybridized carbons (Fsp3) is 0.786. The van der Waals surface area contributed by atoms with Crippen molar-refractivity contribution in [2.24, 2.45) is 5.92 Å². The van der Waals surface area contributed by atoms with Crippen molar-refractivity contribution in [3.63, 3.8) is 0 Å². The molecule has 2 N–H and O–H groups in total. The van der Waals surface area contributed by atoms with Gasteiger partial charge in [-0.15, -0.1) is 0 Å². The van der Waals surface area contributed by atoms with E-state index in [1.54, 1.807) is 0 Å². The van der Waals surface area contributed by atoms with Crippen LogP contribution in [0.5, 0.6) is 0 Å². The molecule has 2 atom stereocenters. The molecule has 1 aliphatic rings. The molecule has 1 fully saturated rings. The van der Waals surface area contributed by atoms with Gasteiger partial charge in [-0.3, -0.25) is 4.68 Å². The third kappa shape index (κ3) is 3.56. The summed E-state index contributed by atoms with van der Waals surface area (Å²) in [6, 6.07) is 0.461. The van der Waals surface area contributed by atoms with Crippen molar-refractivity contribution in [3.8, 4) is 0 Å². The van der Waals surface area contributed by atoms with Gasteiger partial charge in [0, 0.05) is 37.5 Å². The lowest BCUT2D eigenvalue weighted by atomic mass is 9.95. The first kappa shape index (κ1) is 13.6. The number of hydrogen-bond donors (Lipinski definition) is 2. The predicted octanol–water partition coefficient (Wildman–Crippen LogP) is 1.93. The van der Waals surface area contributed by atoms with E-state index in [0.29, 0.717) is 18.6 Å². The fourth-order valence-corrected chi connectivity index (χ4v) is 2.79. The second-order valence-corrected chi connectivity index (χ2v) is 5.27. The summed E-state index contributed by atoms with van der Waals surface area (Å²) in [4.78, 5) is 0. The van der Waals surface area contributed by atoms with Gasteiger partial charge in [-0.25, -0.2) is 0 Å². The predicted molar refractivity (Wildman–Crippen MR) is 72.2 cm³/mol. The Hall–Kier alpha value is -0.870. The van der Waals surface area contributed by atoms with Crippen LogP contribution in [0.3, 0.4) is 0 Å². The number of rotatable bonds is 5. The lowest BCUT2D eigenvalue weighted by Gasteiger charge is -2.24. The molecule has 4 nitrogen and oxygen atoms in total. The Morgan fingerprint density at radius 3 is 2.94 bits per heavy atom. The highest BCUT2D eigenvalue weighted by molar-refractivity contribution is 5.03. The Balaban J connectivity index is 1.86. The SMILES string of the molecule is CCn1cc(CNC2CCCCCC2CO)cn1. The molecule has 0 spiro atoms. The van der Waals surface area contributed by atoms with Crippen molar-refractivity contribution in [3.05, 3.63) is 18.0 Å². The standard InChI is InChI=1S/C14H25N3O/c1-2-17-10-12(9-16-17)8-15-14-7-5-3-4-6-13(14)11-18/h9-10,13-15,18H,2-8,11H2,1H3. The molecule has 1 aromatic heterocycles. The van der Waals surface area contributed by atoms with E-state index in [0.717, 1.165) is 19.5 Å². The molecule has 0 amide bonds. The number of nitrogens with zero attached hydrogens (tertiary/aromatic N) is 2. The van der Waals surface area contributed by atoms with E-state index in [-0.39, 0.29) is 0 Å². The van der Waals surface area contributed by atoms with E-state index in [9.17, 15) is 5.11 Å². The van der Waals surface area contributed by atoms with Crippen LogP contribution in [0.2, 0.25) is 0 Å². The van der Waals surface area contributed by atoms with Crippen molar-refractivity contribution in [2.45, 2.75) is 58.2 Å². The molecule has 0 saturated heterocycles. The average molecular weight is 251 g/mol. The zero-order valence-corrected chi connectivity index (χ0v) is 11.3. The van der Waals surface area contributed by atoms with Gasteiger partial charge >= 0.3 is 0 Å². The highest BCUT2D eigenvalue weighted by atomic mass is 16.3. The third-order valence-corrected chi connectivity index (χ3v) is 3.97. The summed E-state index contributed by atoms with van der Waals surface area (Å²) >= 11 is 0. The van der Waals surface area contributed by atoms with Gasteiger partial charge in [-0.05, 0) is 25.7 Å². The molecular weight excluding hydrogens is 226 g/mol. The summed E-state index contributed by atoms with van der Waals surface area (Å²) in [5.41, 5.74) is 1.23. The van der Waals surface area contributed by atoms with Gasteiger partial charge in [-0.1, -0.05) is 19.3 Å². The van der Waals surface area contributed by atoms with Crippen LogP contribution in [-0.4, -0.2) is 27.5 Å². The molecule has 4 heteroatoms. The zero-order valence-electron chi connectivity index (χ0n) is 11.3. The average Bonchev–Trinajstić information content (AvgIpc) is 2.74. The van der Waals surface area contributed by atoms with E-state index >= 15 is 0 Å². The summed E-state index contributed by atoms with van der Waals surface area (Å²) in [5.74, 6) is 0.425. The minimum Gasteiger partial charge on any atom is -0.396 e. The van der Waals surface area contributed by atoms with Crippen LogP contribution in [0.15, 0.2) is 12.4 Å². The summed E-state index contributed by atoms with van der Waals surface area (Å²) < 4.78 is 1.95. The molecule has 1 heterocycles. The first-order valence-electron chi connectivity index (χ1n) is 7.19.